The topological polar surface area (TPSA) is 119 Å². The van der Waals surface area contributed by atoms with E-state index >= 15 is 0 Å². The van der Waals surface area contributed by atoms with Gasteiger partial charge in [0.05, 0.1) is 0 Å². The summed E-state index contributed by atoms with van der Waals surface area (Å²) < 4.78 is 0. The predicted octanol–water partition coefficient (Wildman–Crippen LogP) is -2.62. The molecule has 0 aromatic carbocycles. The summed E-state index contributed by atoms with van der Waals surface area (Å²) in [7, 11) is 0. The summed E-state index contributed by atoms with van der Waals surface area (Å²) in [6, 6.07) is 0. The van der Waals surface area contributed by atoms with Crippen LogP contribution in [0.1, 0.15) is 0 Å². The Morgan fingerprint density at radius 3 is 2.56 bits per heavy atom. The molecular weight excluding hydrogens is 139 g/mol. The second-order valence-corrected chi connectivity index (χ2v) is 0.547. The molecule has 0 heterocycles. The zero-order valence-corrected chi connectivity index (χ0v) is 6.67. The minimum atomic E-state index is 0. The molecule has 3 N–H and O–H groups in total. The summed E-state index contributed by atoms with van der Waals surface area (Å²) in [4.78, 5) is 3.11. The van der Waals surface area contributed by atoms with Crippen LogP contribution in [0.25, 0.3) is 5.59 Å². The zero-order chi connectivity index (χ0) is 6.24. The van der Waals surface area contributed by atoms with Crippen LogP contribution in [0.15, 0.2) is 20.9 Å². The van der Waals surface area contributed by atoms with E-state index in [-0.39, 0.29) is 29.6 Å². The van der Waals surface area contributed by atoms with Gasteiger partial charge in [0.1, 0.15) is 0 Å². The molecule has 0 aromatic heterocycles. The molecule has 0 aromatic rings. The van der Waals surface area contributed by atoms with Crippen molar-refractivity contribution in [2.24, 2.45) is 26.7 Å². The number of nitrogens with two attached hydrogens (primary N) is 1. The van der Waals surface area contributed by atoms with Gasteiger partial charge in [-0.3, -0.25) is 0 Å². The molecule has 0 aliphatic heterocycles. The van der Waals surface area contributed by atoms with E-state index in [9.17, 15) is 0 Å². The predicted molar refractivity (Wildman–Crippen MR) is 21.0 cm³/mol. The summed E-state index contributed by atoms with van der Waals surface area (Å²) in [5, 5.41) is 18.4. The smallest absolute Gasteiger partial charge is 0.305 e. The molecule has 8 nitrogen and oxygen atoms in total. The van der Waals surface area contributed by atoms with E-state index < -0.39 is 0 Å². The fraction of sp³-hybridized carbons (Fsp3) is 0. The molecule has 0 unspecified atom stereocenters. The molecule has 46 valence electrons. The van der Waals surface area contributed by atoms with Crippen molar-refractivity contribution in [3.63, 3.8) is 0 Å². The summed E-state index contributed by atoms with van der Waals surface area (Å²) in [6.45, 7) is 0. The van der Waals surface area contributed by atoms with Crippen LogP contribution in [0.5, 0.6) is 0 Å². The summed E-state index contributed by atoms with van der Waals surface area (Å²) in [5.41, 5.74) is 2.51. The van der Waals surface area contributed by atoms with Crippen LogP contribution in [0, 0.1) is 0 Å². The fourth-order valence-corrected chi connectivity index (χ4v) is 0.0736. The average Bonchev–Trinajstić information content (AvgIpc) is 1.81. The molecule has 0 amide bonds. The van der Waals surface area contributed by atoms with Gasteiger partial charge in [-0.05, 0) is 0 Å². The third-order valence-electron chi connectivity index (χ3n) is 0.205. The van der Waals surface area contributed by atoms with Crippen LogP contribution in [-0.4, -0.2) is 5.26 Å². The second-order valence-electron chi connectivity index (χ2n) is 0.547. The molecular formula is H3N6NaO2. The quantitative estimate of drug-likeness (QED) is 0.147. The Morgan fingerprint density at radius 1 is 1.44 bits per heavy atom. The Labute approximate surface area is 72.3 Å². The van der Waals surface area contributed by atoms with Crippen molar-refractivity contribution in [1.29, 1.82) is 0 Å². The molecule has 9 heteroatoms. The Hall–Kier alpha value is -0.280. The summed E-state index contributed by atoms with van der Waals surface area (Å²) in [6.07, 6.45) is 0. The van der Waals surface area contributed by atoms with Gasteiger partial charge in [0.2, 0.25) is 0 Å². The standard InChI is InChI=1S/H3N6O2.Na/c1-2-3-4-5-6-8-7;/h(H3-,1,2,3,4,5,6,7);/q-1;+1. The van der Waals surface area contributed by atoms with Gasteiger partial charge < -0.3 is 5.84 Å². The minimum absolute atomic E-state index is 0. The van der Waals surface area contributed by atoms with Gasteiger partial charge in [-0.1, -0.05) is 5.22 Å². The van der Waals surface area contributed by atoms with Gasteiger partial charge >= 0.3 is 29.6 Å². The van der Waals surface area contributed by atoms with E-state index in [1.165, 1.54) is 0 Å². The molecule has 0 spiro atoms. The monoisotopic (exact) mass is 142 g/mol. The number of hydrogen-bond donors (Lipinski definition) is 2. The van der Waals surface area contributed by atoms with E-state index in [2.05, 4.69) is 37.3 Å². The maximum atomic E-state index is 7.44. The van der Waals surface area contributed by atoms with Gasteiger partial charge in [0.15, 0.2) is 0 Å². The van der Waals surface area contributed by atoms with Gasteiger partial charge in [-0.2, -0.15) is 4.99 Å². The van der Waals surface area contributed by atoms with Crippen LogP contribution < -0.4 is 35.4 Å². The zero-order valence-electron chi connectivity index (χ0n) is 4.67. The van der Waals surface area contributed by atoms with Crippen LogP contribution in [0.4, 0.5) is 0 Å². The van der Waals surface area contributed by atoms with Crippen molar-refractivity contribution >= 4 is 0 Å². The van der Waals surface area contributed by atoms with E-state index in [0.29, 0.717) is 0 Å². The molecule has 0 rings (SSSR count). The number of nitrogens with zero attached hydrogens (tertiary/aromatic N) is 5. The number of hydrogen-bond acceptors (Lipinski definition) is 4. The van der Waals surface area contributed by atoms with Crippen LogP contribution in [0.3, 0.4) is 0 Å². The fourth-order valence-electron chi connectivity index (χ4n) is 0.0736. The normalized spacial score (nSPS) is 9.89. The Kier molecular flexibility index (Phi) is 13.6. The first kappa shape index (κ1) is 11.5. The van der Waals surface area contributed by atoms with Crippen molar-refractivity contribution < 1.29 is 39.8 Å². The molecule has 0 aliphatic rings. The van der Waals surface area contributed by atoms with Gasteiger partial charge in [-0.25, -0.2) is 21.3 Å². The van der Waals surface area contributed by atoms with Crippen molar-refractivity contribution in [1.82, 2.24) is 0 Å². The molecule has 9 heavy (non-hydrogen) atoms. The maximum Gasteiger partial charge on any atom is 1.00 e. The van der Waals surface area contributed by atoms with Crippen molar-refractivity contribution in [3.8, 4) is 0 Å². The van der Waals surface area contributed by atoms with Gasteiger partial charge in [0.25, 0.3) is 0 Å². The summed E-state index contributed by atoms with van der Waals surface area (Å²) in [5.74, 6) is 4.47. The van der Waals surface area contributed by atoms with Crippen LogP contribution in [-0.2, 0) is 4.99 Å². The third kappa shape index (κ3) is 11.3. The van der Waals surface area contributed by atoms with E-state index in [0.717, 1.165) is 0 Å². The second kappa shape index (κ2) is 10.7. The van der Waals surface area contributed by atoms with E-state index in [1.807, 2.05) is 0 Å². The third-order valence-corrected chi connectivity index (χ3v) is 0.205. The average molecular weight is 142 g/mol. The Balaban J connectivity index is 0. The van der Waals surface area contributed by atoms with Crippen molar-refractivity contribution in [2.75, 3.05) is 0 Å². The van der Waals surface area contributed by atoms with Crippen LogP contribution >= 0.6 is 0 Å². The van der Waals surface area contributed by atoms with Gasteiger partial charge in [0, 0.05) is 0 Å². The first-order chi connectivity index (χ1) is 3.91. The maximum absolute atomic E-state index is 7.44. The molecule has 0 saturated carbocycles. The van der Waals surface area contributed by atoms with E-state index in [4.69, 9.17) is 5.26 Å². The number of rotatable bonds is 3. The van der Waals surface area contributed by atoms with E-state index in [1.54, 1.807) is 0 Å². The molecule has 0 fully saturated rings. The Morgan fingerprint density at radius 2 is 2.11 bits per heavy atom. The van der Waals surface area contributed by atoms with Gasteiger partial charge in [-0.15, -0.1) is 5.22 Å². The molecule has 0 saturated heterocycles. The van der Waals surface area contributed by atoms with Crippen molar-refractivity contribution in [2.45, 2.75) is 0 Å². The molecule has 0 atom stereocenters. The first-order valence-corrected chi connectivity index (χ1v) is 1.42. The largest absolute Gasteiger partial charge is 1.00 e. The van der Waals surface area contributed by atoms with Crippen LogP contribution in [0.2, 0.25) is 0 Å². The SMILES string of the molecule is N/N=N/N=N/[N-]OO.[Na+]. The molecule has 0 bridgehead atoms. The molecule has 0 aliphatic carbocycles. The molecule has 0 radical (unpaired) electrons. The Bertz CT molecular complexity index is 89.1. The minimum Gasteiger partial charge on any atom is -0.305 e. The summed E-state index contributed by atoms with van der Waals surface area (Å²) >= 11 is 0. The van der Waals surface area contributed by atoms with Crippen molar-refractivity contribution in [3.05, 3.63) is 5.59 Å². The first-order valence-electron chi connectivity index (χ1n) is 1.42.